The summed E-state index contributed by atoms with van der Waals surface area (Å²) >= 11 is 3.30. The first-order valence-corrected chi connectivity index (χ1v) is 9.66. The maximum Gasteiger partial charge on any atom is 0.271 e. The van der Waals surface area contributed by atoms with Crippen LogP contribution >= 0.6 is 15.9 Å². The number of carbonyl (C=O) groups is 2. The normalized spacial score (nSPS) is 11.0. The number of fused-ring (bicyclic) bond motifs is 1. The minimum absolute atomic E-state index is 0.198. The molecule has 0 aromatic carbocycles. The predicted molar refractivity (Wildman–Crippen MR) is 109 cm³/mol. The molecule has 0 saturated heterocycles. The number of hydrogen-bond acceptors (Lipinski definition) is 4. The Labute approximate surface area is 170 Å². The lowest BCUT2D eigenvalue weighted by Gasteiger charge is -2.09. The Hall–Kier alpha value is -2.81. The van der Waals surface area contributed by atoms with Crippen molar-refractivity contribution in [3.05, 3.63) is 52.6 Å². The second-order valence-corrected chi connectivity index (χ2v) is 7.17. The van der Waals surface area contributed by atoms with Gasteiger partial charge in [0.25, 0.3) is 11.8 Å². The van der Waals surface area contributed by atoms with Crippen molar-refractivity contribution in [2.45, 2.75) is 19.9 Å². The van der Waals surface area contributed by atoms with Gasteiger partial charge in [0.2, 0.25) is 0 Å². The van der Waals surface area contributed by atoms with Crippen molar-refractivity contribution < 1.29 is 14.0 Å². The SMILES string of the molecule is C=CCn1c(C(=O)NCCCNC(=O)c2cc(C)n(C)n2)cc2oc(Br)cc21. The molecule has 0 saturated carbocycles. The van der Waals surface area contributed by atoms with E-state index in [2.05, 4.69) is 38.2 Å². The summed E-state index contributed by atoms with van der Waals surface area (Å²) in [7, 11) is 1.79. The van der Waals surface area contributed by atoms with Gasteiger partial charge in [-0.2, -0.15) is 5.10 Å². The highest BCUT2D eigenvalue weighted by Gasteiger charge is 2.17. The molecule has 0 fully saturated rings. The Bertz CT molecular complexity index is 1010. The van der Waals surface area contributed by atoms with Crippen LogP contribution in [0, 0.1) is 6.92 Å². The molecular weight excluding hydrogens is 426 g/mol. The molecule has 0 aliphatic carbocycles. The van der Waals surface area contributed by atoms with Crippen LogP contribution in [0.2, 0.25) is 0 Å². The fraction of sp³-hybridized carbons (Fsp3) is 0.316. The van der Waals surface area contributed by atoms with Crippen LogP contribution in [-0.2, 0) is 13.6 Å². The lowest BCUT2D eigenvalue weighted by atomic mass is 10.3. The molecule has 0 aliphatic rings. The molecule has 148 valence electrons. The summed E-state index contributed by atoms with van der Waals surface area (Å²) in [6, 6.07) is 5.27. The molecule has 2 amide bonds. The van der Waals surface area contributed by atoms with Crippen molar-refractivity contribution in [3.63, 3.8) is 0 Å². The maximum absolute atomic E-state index is 12.5. The van der Waals surface area contributed by atoms with Crippen LogP contribution in [0.4, 0.5) is 0 Å². The van der Waals surface area contributed by atoms with Gasteiger partial charge in [0.05, 0.1) is 5.52 Å². The zero-order valence-corrected chi connectivity index (χ0v) is 17.4. The lowest BCUT2D eigenvalue weighted by Crippen LogP contribution is -2.31. The molecule has 0 atom stereocenters. The molecule has 0 spiro atoms. The van der Waals surface area contributed by atoms with Crippen molar-refractivity contribution in [3.8, 4) is 0 Å². The van der Waals surface area contributed by atoms with E-state index in [0.29, 0.717) is 47.7 Å². The van der Waals surface area contributed by atoms with Crippen molar-refractivity contribution in [2.75, 3.05) is 13.1 Å². The molecule has 8 nitrogen and oxygen atoms in total. The zero-order valence-electron chi connectivity index (χ0n) is 15.8. The number of nitrogens with one attached hydrogen (secondary N) is 2. The summed E-state index contributed by atoms with van der Waals surface area (Å²) in [6.45, 7) is 7.00. The lowest BCUT2D eigenvalue weighted by molar-refractivity contribution is 0.0944. The molecule has 3 heterocycles. The van der Waals surface area contributed by atoms with Crippen LogP contribution in [0.15, 0.2) is 39.9 Å². The van der Waals surface area contributed by atoms with Crippen LogP contribution in [0.1, 0.15) is 33.1 Å². The van der Waals surface area contributed by atoms with Gasteiger partial charge >= 0.3 is 0 Å². The summed E-state index contributed by atoms with van der Waals surface area (Å²) in [5.41, 5.74) is 3.28. The molecule has 0 radical (unpaired) electrons. The smallest absolute Gasteiger partial charge is 0.271 e. The minimum Gasteiger partial charge on any atom is -0.448 e. The van der Waals surface area contributed by atoms with E-state index < -0.39 is 0 Å². The average Bonchev–Trinajstić information content (AvgIpc) is 3.28. The Morgan fingerprint density at radius 2 is 1.96 bits per heavy atom. The van der Waals surface area contributed by atoms with E-state index in [9.17, 15) is 9.59 Å². The zero-order chi connectivity index (χ0) is 20.3. The number of aromatic nitrogens is 3. The summed E-state index contributed by atoms with van der Waals surface area (Å²) < 4.78 is 9.65. The van der Waals surface area contributed by atoms with E-state index in [4.69, 9.17) is 4.42 Å². The second kappa shape index (κ2) is 8.47. The fourth-order valence-electron chi connectivity index (χ4n) is 2.87. The first kappa shape index (κ1) is 19.9. The first-order valence-electron chi connectivity index (χ1n) is 8.87. The van der Waals surface area contributed by atoms with Gasteiger partial charge in [0, 0.05) is 44.5 Å². The molecule has 0 aliphatic heterocycles. The Balaban J connectivity index is 1.51. The van der Waals surface area contributed by atoms with Gasteiger partial charge in [-0.15, -0.1) is 6.58 Å². The van der Waals surface area contributed by atoms with Crippen LogP contribution in [0.25, 0.3) is 11.1 Å². The standard InChI is InChI=1S/C19H22BrN5O3/c1-4-8-25-14-11-17(20)28-16(14)10-15(25)19(27)22-7-5-6-21-18(26)13-9-12(2)24(3)23-13/h4,9-11H,1,5-8H2,2-3H3,(H,21,26)(H,22,27). The van der Waals surface area contributed by atoms with E-state index in [-0.39, 0.29) is 11.8 Å². The Morgan fingerprint density at radius 1 is 1.25 bits per heavy atom. The summed E-state index contributed by atoms with van der Waals surface area (Å²) in [6.07, 6.45) is 2.33. The summed E-state index contributed by atoms with van der Waals surface area (Å²) in [4.78, 5) is 24.6. The highest BCUT2D eigenvalue weighted by atomic mass is 79.9. The van der Waals surface area contributed by atoms with Crippen LogP contribution in [0.3, 0.4) is 0 Å². The van der Waals surface area contributed by atoms with Crippen LogP contribution in [0.5, 0.6) is 0 Å². The number of carbonyl (C=O) groups excluding carboxylic acids is 2. The number of halogens is 1. The highest BCUT2D eigenvalue weighted by Crippen LogP contribution is 2.27. The van der Waals surface area contributed by atoms with Gasteiger partial charge in [0.1, 0.15) is 11.4 Å². The first-order chi connectivity index (χ1) is 13.4. The molecule has 2 N–H and O–H groups in total. The van der Waals surface area contributed by atoms with Crippen molar-refractivity contribution in [1.82, 2.24) is 25.0 Å². The molecule has 0 unspecified atom stereocenters. The van der Waals surface area contributed by atoms with E-state index in [1.54, 1.807) is 29.9 Å². The van der Waals surface area contributed by atoms with Crippen LogP contribution < -0.4 is 10.6 Å². The number of allylic oxidation sites excluding steroid dienone is 1. The number of rotatable bonds is 8. The number of furan rings is 1. The highest BCUT2D eigenvalue weighted by molar-refractivity contribution is 9.10. The van der Waals surface area contributed by atoms with Crippen molar-refractivity contribution in [1.29, 1.82) is 0 Å². The molecule has 3 aromatic heterocycles. The molecule has 0 bridgehead atoms. The van der Waals surface area contributed by atoms with Crippen molar-refractivity contribution in [2.24, 2.45) is 7.05 Å². The summed E-state index contributed by atoms with van der Waals surface area (Å²) in [5, 5.41) is 9.81. The molecule has 3 aromatic rings. The van der Waals surface area contributed by atoms with Gasteiger partial charge < -0.3 is 19.6 Å². The maximum atomic E-state index is 12.5. The van der Waals surface area contributed by atoms with E-state index >= 15 is 0 Å². The third-order valence-corrected chi connectivity index (χ3v) is 4.77. The Kier molecular flexibility index (Phi) is 6.03. The quantitative estimate of drug-likeness (QED) is 0.410. The van der Waals surface area contributed by atoms with Gasteiger partial charge in [-0.25, -0.2) is 0 Å². The van der Waals surface area contributed by atoms with E-state index in [1.807, 2.05) is 17.6 Å². The number of aryl methyl sites for hydroxylation is 2. The third-order valence-electron chi connectivity index (χ3n) is 4.37. The molecular formula is C19H22BrN5O3. The molecule has 28 heavy (non-hydrogen) atoms. The minimum atomic E-state index is -0.221. The largest absolute Gasteiger partial charge is 0.448 e. The molecule has 9 heteroatoms. The van der Waals surface area contributed by atoms with Crippen molar-refractivity contribution >= 4 is 38.8 Å². The monoisotopic (exact) mass is 447 g/mol. The summed E-state index contributed by atoms with van der Waals surface area (Å²) in [5.74, 6) is -0.420. The number of amides is 2. The van der Waals surface area contributed by atoms with Gasteiger partial charge in [-0.3, -0.25) is 14.3 Å². The van der Waals surface area contributed by atoms with E-state index in [0.717, 1.165) is 11.2 Å². The van der Waals surface area contributed by atoms with Gasteiger partial charge in [-0.05, 0) is 35.3 Å². The van der Waals surface area contributed by atoms with Gasteiger partial charge in [-0.1, -0.05) is 6.08 Å². The van der Waals surface area contributed by atoms with Crippen LogP contribution in [-0.4, -0.2) is 39.3 Å². The third kappa shape index (κ3) is 4.19. The molecule has 3 rings (SSSR count). The fourth-order valence-corrected chi connectivity index (χ4v) is 3.26. The van der Waals surface area contributed by atoms with E-state index in [1.165, 1.54) is 0 Å². The average molecular weight is 448 g/mol. The predicted octanol–water partition coefficient (Wildman–Crippen LogP) is 2.77. The second-order valence-electron chi connectivity index (χ2n) is 6.39. The Morgan fingerprint density at radius 3 is 2.61 bits per heavy atom. The van der Waals surface area contributed by atoms with Gasteiger partial charge in [0.15, 0.2) is 10.3 Å². The topological polar surface area (TPSA) is 94.1 Å². The number of nitrogens with zero attached hydrogens (tertiary/aromatic N) is 3. The number of hydrogen-bond donors (Lipinski definition) is 2.